The van der Waals surface area contributed by atoms with Crippen LogP contribution in [0.5, 0.6) is 0 Å². The van der Waals surface area contributed by atoms with Gasteiger partial charge in [0.05, 0.1) is 7.11 Å². The summed E-state index contributed by atoms with van der Waals surface area (Å²) in [7, 11) is 1.20. The van der Waals surface area contributed by atoms with Gasteiger partial charge in [-0.15, -0.1) is 5.10 Å². The van der Waals surface area contributed by atoms with Gasteiger partial charge in [0.1, 0.15) is 17.3 Å². The highest BCUT2D eigenvalue weighted by Gasteiger charge is 2.32. The number of alkyl halides is 3. The number of rotatable bonds is 4. The van der Waals surface area contributed by atoms with E-state index in [1.807, 2.05) is 0 Å². The highest BCUT2D eigenvalue weighted by Crippen LogP contribution is 2.30. The van der Waals surface area contributed by atoms with Gasteiger partial charge in [-0.2, -0.15) is 13.2 Å². The summed E-state index contributed by atoms with van der Waals surface area (Å²) >= 11 is 0.812. The van der Waals surface area contributed by atoms with Crippen molar-refractivity contribution in [1.29, 1.82) is 0 Å². The number of aromatic nitrogens is 5. The molecule has 0 spiro atoms. The number of pyridine rings is 1. The summed E-state index contributed by atoms with van der Waals surface area (Å²) in [5.41, 5.74) is -1.01. The van der Waals surface area contributed by atoms with Gasteiger partial charge in [0.2, 0.25) is 5.16 Å². The van der Waals surface area contributed by atoms with Gasteiger partial charge in [0, 0.05) is 0 Å². The maximum atomic E-state index is 12.6. The van der Waals surface area contributed by atoms with Crippen LogP contribution < -0.4 is 0 Å². The van der Waals surface area contributed by atoms with Crippen LogP contribution in [-0.4, -0.2) is 38.3 Å². The summed E-state index contributed by atoms with van der Waals surface area (Å²) in [5, 5.41) is 10.7. The molecular formula is C10H8F3N5O2S. The van der Waals surface area contributed by atoms with Crippen LogP contribution in [0.15, 0.2) is 28.4 Å². The maximum Gasteiger partial charge on any atom is 0.433 e. The quantitative estimate of drug-likeness (QED) is 0.788. The molecule has 0 aliphatic carbocycles. The number of hydrogen-bond donors (Lipinski definition) is 0. The van der Waals surface area contributed by atoms with E-state index in [0.717, 1.165) is 22.5 Å². The normalized spacial score (nSPS) is 11.4. The molecule has 0 fully saturated rings. The molecule has 7 nitrogen and oxygen atoms in total. The second-order valence-corrected chi connectivity index (χ2v) is 4.64. The first-order valence-electron chi connectivity index (χ1n) is 5.45. The van der Waals surface area contributed by atoms with Crippen molar-refractivity contribution in [3.63, 3.8) is 0 Å². The first-order chi connectivity index (χ1) is 9.90. The van der Waals surface area contributed by atoms with E-state index in [1.165, 1.54) is 19.2 Å². The average molecular weight is 319 g/mol. The first-order valence-corrected chi connectivity index (χ1v) is 6.27. The van der Waals surface area contributed by atoms with Crippen molar-refractivity contribution in [3.05, 3.63) is 23.9 Å². The van der Waals surface area contributed by atoms with Crippen LogP contribution in [0.2, 0.25) is 0 Å². The summed E-state index contributed by atoms with van der Waals surface area (Å²) in [4.78, 5) is 14.6. The zero-order valence-corrected chi connectivity index (χ0v) is 11.4. The number of ether oxygens (including phenoxy) is 1. The lowest BCUT2D eigenvalue weighted by Gasteiger charge is -2.07. The number of hydrogen-bond acceptors (Lipinski definition) is 7. The minimum absolute atomic E-state index is 0.0609. The first kappa shape index (κ1) is 15.2. The zero-order valence-electron chi connectivity index (χ0n) is 10.5. The molecule has 0 saturated heterocycles. The van der Waals surface area contributed by atoms with E-state index >= 15 is 0 Å². The second-order valence-electron chi connectivity index (χ2n) is 3.66. The van der Waals surface area contributed by atoms with Gasteiger partial charge in [-0.3, -0.25) is 4.79 Å². The lowest BCUT2D eigenvalue weighted by atomic mass is 10.3. The molecule has 2 heterocycles. The molecule has 0 aliphatic heterocycles. The van der Waals surface area contributed by atoms with E-state index in [1.54, 1.807) is 0 Å². The van der Waals surface area contributed by atoms with Crippen LogP contribution >= 0.6 is 11.8 Å². The molecule has 2 rings (SSSR count). The summed E-state index contributed by atoms with van der Waals surface area (Å²) in [6.07, 6.45) is -4.53. The van der Waals surface area contributed by atoms with Gasteiger partial charge in [0.25, 0.3) is 0 Å². The van der Waals surface area contributed by atoms with Crippen LogP contribution in [0.1, 0.15) is 5.69 Å². The van der Waals surface area contributed by atoms with Gasteiger partial charge in [0.15, 0.2) is 0 Å². The van der Waals surface area contributed by atoms with Gasteiger partial charge in [-0.1, -0.05) is 6.07 Å². The Morgan fingerprint density at radius 1 is 1.43 bits per heavy atom. The lowest BCUT2D eigenvalue weighted by Crippen LogP contribution is -2.14. The van der Waals surface area contributed by atoms with Crippen molar-refractivity contribution in [2.24, 2.45) is 0 Å². The fraction of sp³-hybridized carbons (Fsp3) is 0.300. The van der Waals surface area contributed by atoms with Gasteiger partial charge < -0.3 is 4.74 Å². The summed E-state index contributed by atoms with van der Waals surface area (Å²) in [6.45, 7) is -0.245. The Bertz CT molecular complexity index is 646. The Morgan fingerprint density at radius 2 is 2.19 bits per heavy atom. The third kappa shape index (κ3) is 3.90. The molecule has 0 N–H and O–H groups in total. The van der Waals surface area contributed by atoms with E-state index in [-0.39, 0.29) is 16.7 Å². The Morgan fingerprint density at radius 3 is 2.86 bits per heavy atom. The fourth-order valence-electron chi connectivity index (χ4n) is 1.28. The highest BCUT2D eigenvalue weighted by atomic mass is 32.2. The molecule has 0 unspecified atom stereocenters. The molecule has 0 aromatic carbocycles. The smallest absolute Gasteiger partial charge is 0.433 e. The zero-order chi connectivity index (χ0) is 15.5. The number of methoxy groups -OCH3 is 1. The maximum absolute atomic E-state index is 12.6. The molecule has 2 aromatic heterocycles. The van der Waals surface area contributed by atoms with Crippen molar-refractivity contribution in [3.8, 4) is 0 Å². The summed E-state index contributed by atoms with van der Waals surface area (Å²) < 4.78 is 43.3. The van der Waals surface area contributed by atoms with E-state index in [2.05, 4.69) is 25.2 Å². The molecule has 0 atom stereocenters. The average Bonchev–Trinajstić information content (AvgIpc) is 2.85. The van der Waals surface area contributed by atoms with Crippen molar-refractivity contribution in [1.82, 2.24) is 25.2 Å². The SMILES string of the molecule is COC(=O)Cn1nnnc1Sc1cccc(C(F)(F)F)n1. The van der Waals surface area contributed by atoms with Crippen molar-refractivity contribution < 1.29 is 22.7 Å². The van der Waals surface area contributed by atoms with Crippen molar-refractivity contribution in [2.75, 3.05) is 7.11 Å². The predicted octanol–water partition coefficient (Wildman–Crippen LogP) is 1.41. The van der Waals surface area contributed by atoms with Gasteiger partial charge in [-0.25, -0.2) is 9.67 Å². The van der Waals surface area contributed by atoms with Crippen LogP contribution in [0.4, 0.5) is 13.2 Å². The number of carbonyl (C=O) groups is 1. The molecule has 2 aromatic rings. The van der Waals surface area contributed by atoms with E-state index in [0.29, 0.717) is 0 Å². The predicted molar refractivity (Wildman–Crippen MR) is 63.2 cm³/mol. The lowest BCUT2D eigenvalue weighted by molar-refractivity contribution is -0.142. The third-order valence-electron chi connectivity index (χ3n) is 2.22. The Labute approximate surface area is 120 Å². The topological polar surface area (TPSA) is 82.8 Å². The van der Waals surface area contributed by atoms with Crippen molar-refractivity contribution in [2.45, 2.75) is 22.9 Å². The van der Waals surface area contributed by atoms with Crippen LogP contribution in [0.25, 0.3) is 0 Å². The number of halogens is 3. The van der Waals surface area contributed by atoms with Gasteiger partial charge >= 0.3 is 12.1 Å². The minimum atomic E-state index is -4.53. The Hall–Kier alpha value is -2.17. The number of esters is 1. The summed E-state index contributed by atoms with van der Waals surface area (Å²) in [5.74, 6) is -0.582. The van der Waals surface area contributed by atoms with E-state index < -0.39 is 17.8 Å². The minimum Gasteiger partial charge on any atom is -0.468 e. The number of nitrogens with zero attached hydrogens (tertiary/aromatic N) is 5. The monoisotopic (exact) mass is 319 g/mol. The van der Waals surface area contributed by atoms with Crippen molar-refractivity contribution >= 4 is 17.7 Å². The Kier molecular flexibility index (Phi) is 4.40. The van der Waals surface area contributed by atoms with Crippen LogP contribution in [0, 0.1) is 0 Å². The number of carbonyl (C=O) groups excluding carboxylic acids is 1. The molecule has 112 valence electrons. The van der Waals surface area contributed by atoms with Crippen LogP contribution in [0.3, 0.4) is 0 Å². The fourth-order valence-corrected chi connectivity index (χ4v) is 2.04. The molecular weight excluding hydrogens is 311 g/mol. The van der Waals surface area contributed by atoms with E-state index in [9.17, 15) is 18.0 Å². The standard InChI is InChI=1S/C10H8F3N5O2S/c1-20-8(19)5-18-9(15-16-17-18)21-7-4-2-3-6(14-7)10(11,12)13/h2-4H,5H2,1H3. The molecule has 11 heteroatoms. The van der Waals surface area contributed by atoms with Crippen LogP contribution in [-0.2, 0) is 22.3 Å². The second kappa shape index (κ2) is 6.08. The molecule has 0 saturated carbocycles. The molecule has 21 heavy (non-hydrogen) atoms. The molecule has 0 aliphatic rings. The summed E-state index contributed by atoms with van der Waals surface area (Å²) in [6, 6.07) is 3.48. The number of tetrazole rings is 1. The molecule has 0 radical (unpaired) electrons. The molecule has 0 bridgehead atoms. The Balaban J connectivity index is 2.19. The van der Waals surface area contributed by atoms with Gasteiger partial charge in [-0.05, 0) is 34.3 Å². The third-order valence-corrected chi connectivity index (χ3v) is 3.13. The molecule has 0 amide bonds. The largest absolute Gasteiger partial charge is 0.468 e. The van der Waals surface area contributed by atoms with E-state index in [4.69, 9.17) is 0 Å². The highest BCUT2D eigenvalue weighted by molar-refractivity contribution is 7.99.